The average Bonchev–Trinajstić information content (AvgIpc) is 3.37. The van der Waals surface area contributed by atoms with Crippen LogP contribution >= 0.6 is 22.7 Å². The van der Waals surface area contributed by atoms with Crippen molar-refractivity contribution in [2.75, 3.05) is 4.90 Å². The van der Waals surface area contributed by atoms with E-state index in [2.05, 4.69) is 10.2 Å². The number of amides is 1. The fourth-order valence-electron chi connectivity index (χ4n) is 3.04. The monoisotopic (exact) mass is 383 g/mol. The minimum atomic E-state index is -0.744. The summed E-state index contributed by atoms with van der Waals surface area (Å²) in [5.41, 5.74) is 3.25. The molecule has 0 fully saturated rings. The van der Waals surface area contributed by atoms with Crippen LogP contribution in [0.25, 0.3) is 0 Å². The molecular formula is C18H13N3O3S2. The minimum Gasteiger partial charge on any atom is -0.503 e. The maximum absolute atomic E-state index is 13.1. The van der Waals surface area contributed by atoms with E-state index in [0.717, 1.165) is 11.1 Å². The Hall–Kier alpha value is -2.84. The van der Waals surface area contributed by atoms with Crippen LogP contribution < -0.4 is 4.90 Å². The molecule has 1 amide bonds. The lowest BCUT2D eigenvalue weighted by molar-refractivity contribution is -0.117. The third kappa shape index (κ3) is 2.54. The summed E-state index contributed by atoms with van der Waals surface area (Å²) in [5, 5.41) is 20.4. The Morgan fingerprint density at radius 3 is 2.65 bits per heavy atom. The number of thiophene rings is 1. The predicted molar refractivity (Wildman–Crippen MR) is 99.6 cm³/mol. The van der Waals surface area contributed by atoms with Gasteiger partial charge < -0.3 is 5.11 Å². The Morgan fingerprint density at radius 1 is 1.19 bits per heavy atom. The number of aromatic nitrogens is 2. The number of aliphatic hydroxyl groups excluding tert-OH is 1. The van der Waals surface area contributed by atoms with Crippen molar-refractivity contribution in [3.8, 4) is 0 Å². The fourth-order valence-corrected chi connectivity index (χ4v) is 4.30. The SMILES string of the molecule is Cc1ccccc1C1C(C(=O)c2cccs2)=C(O)C(=O)N1c1nncs1. The second kappa shape index (κ2) is 6.47. The van der Waals surface area contributed by atoms with Crippen molar-refractivity contribution in [2.24, 2.45) is 0 Å². The highest BCUT2D eigenvalue weighted by molar-refractivity contribution is 7.13. The molecule has 130 valence electrons. The number of benzene rings is 1. The molecule has 2 aromatic heterocycles. The van der Waals surface area contributed by atoms with Crippen LogP contribution in [-0.2, 0) is 4.79 Å². The first-order valence-electron chi connectivity index (χ1n) is 7.76. The first-order valence-corrected chi connectivity index (χ1v) is 9.52. The van der Waals surface area contributed by atoms with Crippen molar-refractivity contribution in [1.82, 2.24) is 10.2 Å². The first kappa shape index (κ1) is 16.6. The Labute approximate surface area is 157 Å². The van der Waals surface area contributed by atoms with Crippen LogP contribution in [0.3, 0.4) is 0 Å². The zero-order chi connectivity index (χ0) is 18.3. The van der Waals surface area contributed by atoms with Gasteiger partial charge in [-0.25, -0.2) is 0 Å². The van der Waals surface area contributed by atoms with E-state index < -0.39 is 17.7 Å². The van der Waals surface area contributed by atoms with E-state index in [-0.39, 0.29) is 11.4 Å². The van der Waals surface area contributed by atoms with Gasteiger partial charge in [-0.05, 0) is 29.5 Å². The lowest BCUT2D eigenvalue weighted by Gasteiger charge is -2.25. The highest BCUT2D eigenvalue weighted by Gasteiger charge is 2.46. The van der Waals surface area contributed by atoms with Gasteiger partial charge in [0.15, 0.2) is 5.76 Å². The number of hydrogen-bond donors (Lipinski definition) is 1. The maximum Gasteiger partial charge on any atom is 0.296 e. The summed E-state index contributed by atoms with van der Waals surface area (Å²) in [4.78, 5) is 27.7. The van der Waals surface area contributed by atoms with Gasteiger partial charge in [0, 0.05) is 0 Å². The standard InChI is InChI=1S/C18H13N3O3S2/c1-10-5-2-3-6-11(10)14-13(15(22)12-7-4-8-25-12)16(23)17(24)21(14)18-20-19-9-26-18/h2-9,14,23H,1H3. The number of carbonyl (C=O) groups excluding carboxylic acids is 2. The summed E-state index contributed by atoms with van der Waals surface area (Å²) in [5.74, 6) is -1.53. The van der Waals surface area contributed by atoms with E-state index in [4.69, 9.17) is 0 Å². The molecular weight excluding hydrogens is 370 g/mol. The van der Waals surface area contributed by atoms with Crippen molar-refractivity contribution < 1.29 is 14.7 Å². The molecule has 1 atom stereocenters. The van der Waals surface area contributed by atoms with Gasteiger partial charge in [-0.15, -0.1) is 21.5 Å². The second-order valence-corrected chi connectivity index (χ2v) is 7.48. The maximum atomic E-state index is 13.1. The third-order valence-electron chi connectivity index (χ3n) is 4.24. The Kier molecular flexibility index (Phi) is 4.14. The number of Topliss-reactive ketones (excluding diaryl/α,β-unsaturated/α-hetero) is 1. The normalized spacial score (nSPS) is 17.2. The molecule has 0 spiro atoms. The van der Waals surface area contributed by atoms with Crippen LogP contribution in [0.5, 0.6) is 0 Å². The van der Waals surface area contributed by atoms with E-state index in [1.54, 1.807) is 17.5 Å². The van der Waals surface area contributed by atoms with Gasteiger partial charge >= 0.3 is 0 Å². The second-order valence-electron chi connectivity index (χ2n) is 5.72. The van der Waals surface area contributed by atoms with E-state index in [0.29, 0.717) is 10.0 Å². The van der Waals surface area contributed by atoms with E-state index >= 15 is 0 Å². The molecule has 0 aliphatic carbocycles. The predicted octanol–water partition coefficient (Wildman–Crippen LogP) is 3.69. The molecule has 1 aromatic carbocycles. The lowest BCUT2D eigenvalue weighted by Crippen LogP contribution is -2.31. The molecule has 0 saturated heterocycles. The number of nitrogens with zero attached hydrogens (tertiary/aromatic N) is 3. The summed E-state index contributed by atoms with van der Waals surface area (Å²) in [7, 11) is 0. The van der Waals surface area contributed by atoms with Crippen molar-refractivity contribution in [1.29, 1.82) is 0 Å². The zero-order valence-corrected chi connectivity index (χ0v) is 15.3. The quantitative estimate of drug-likeness (QED) is 0.695. The Morgan fingerprint density at radius 2 is 2.00 bits per heavy atom. The molecule has 6 nitrogen and oxygen atoms in total. The van der Waals surface area contributed by atoms with Crippen molar-refractivity contribution >= 4 is 39.5 Å². The van der Waals surface area contributed by atoms with Gasteiger partial charge in [0.05, 0.1) is 16.5 Å². The topological polar surface area (TPSA) is 83.4 Å². The molecule has 0 radical (unpaired) electrons. The van der Waals surface area contributed by atoms with Gasteiger partial charge in [0.2, 0.25) is 10.9 Å². The number of rotatable bonds is 4. The van der Waals surface area contributed by atoms with Gasteiger partial charge in [-0.3, -0.25) is 14.5 Å². The van der Waals surface area contributed by atoms with Crippen LogP contribution in [0, 0.1) is 6.92 Å². The molecule has 3 aromatic rings. The van der Waals surface area contributed by atoms with Crippen molar-refractivity contribution in [3.05, 3.63) is 74.6 Å². The average molecular weight is 383 g/mol. The van der Waals surface area contributed by atoms with E-state index in [1.165, 1.54) is 33.1 Å². The number of aliphatic hydroxyl groups is 1. The summed E-state index contributed by atoms with van der Waals surface area (Å²) in [6, 6.07) is 10.2. The summed E-state index contributed by atoms with van der Waals surface area (Å²) in [6.45, 7) is 1.90. The highest BCUT2D eigenvalue weighted by Crippen LogP contribution is 2.43. The summed E-state index contributed by atoms with van der Waals surface area (Å²) >= 11 is 2.45. The molecule has 26 heavy (non-hydrogen) atoms. The molecule has 8 heteroatoms. The van der Waals surface area contributed by atoms with Gasteiger partial charge in [0.1, 0.15) is 5.51 Å². The number of ketones is 1. The third-order valence-corrected chi connectivity index (χ3v) is 5.79. The Bertz CT molecular complexity index is 1010. The van der Waals surface area contributed by atoms with E-state index in [1.807, 2.05) is 31.2 Å². The van der Waals surface area contributed by atoms with Crippen LogP contribution in [0.1, 0.15) is 26.8 Å². The lowest BCUT2D eigenvalue weighted by atomic mass is 9.92. The highest BCUT2D eigenvalue weighted by atomic mass is 32.1. The first-order chi connectivity index (χ1) is 12.6. The van der Waals surface area contributed by atoms with E-state index in [9.17, 15) is 14.7 Å². The Balaban J connectivity index is 1.91. The smallest absolute Gasteiger partial charge is 0.296 e. The van der Waals surface area contributed by atoms with Crippen LogP contribution in [0.15, 0.2) is 58.6 Å². The molecule has 1 N–H and O–H groups in total. The van der Waals surface area contributed by atoms with Gasteiger partial charge in [-0.2, -0.15) is 0 Å². The number of anilines is 1. The largest absolute Gasteiger partial charge is 0.503 e. The molecule has 1 unspecified atom stereocenters. The summed E-state index contributed by atoms with van der Waals surface area (Å²) < 4.78 is 0. The molecule has 1 aliphatic rings. The van der Waals surface area contributed by atoms with Crippen LogP contribution in [-0.4, -0.2) is 27.0 Å². The zero-order valence-electron chi connectivity index (χ0n) is 13.6. The van der Waals surface area contributed by atoms with Gasteiger partial charge in [0.25, 0.3) is 5.91 Å². The molecule has 3 heterocycles. The van der Waals surface area contributed by atoms with Crippen molar-refractivity contribution in [2.45, 2.75) is 13.0 Å². The molecule has 4 rings (SSSR count). The number of aryl methyl sites for hydroxylation is 1. The minimum absolute atomic E-state index is 0.0713. The number of hydrogen-bond acceptors (Lipinski definition) is 7. The molecule has 1 aliphatic heterocycles. The van der Waals surface area contributed by atoms with Crippen LogP contribution in [0.4, 0.5) is 5.13 Å². The van der Waals surface area contributed by atoms with Crippen LogP contribution in [0.2, 0.25) is 0 Å². The summed E-state index contributed by atoms with van der Waals surface area (Å²) in [6.07, 6.45) is 0. The molecule has 0 bridgehead atoms. The fraction of sp³-hybridized carbons (Fsp3) is 0.111. The number of carbonyl (C=O) groups is 2. The van der Waals surface area contributed by atoms with Crippen molar-refractivity contribution in [3.63, 3.8) is 0 Å². The van der Waals surface area contributed by atoms with Gasteiger partial charge in [-0.1, -0.05) is 41.7 Å². The molecule has 0 saturated carbocycles.